The predicted molar refractivity (Wildman–Crippen MR) is 78.7 cm³/mol. The molecule has 2 amide bonds. The summed E-state index contributed by atoms with van der Waals surface area (Å²) in [7, 11) is 0. The molecule has 0 heterocycles. The number of carbonyl (C=O) groups is 2. The fourth-order valence-electron chi connectivity index (χ4n) is 1.45. The standard InChI is InChI=1S/C14H19N3O4/c1-3-8-21-13(18)9-15-14(19)16-12-6-4-11(5-7-12)10(2)17-20/h4-7,20H,3,8-9H2,1-2H3,(H2,15,16,19). The van der Waals surface area contributed by atoms with Gasteiger partial charge in [-0.3, -0.25) is 4.79 Å². The van der Waals surface area contributed by atoms with E-state index in [-0.39, 0.29) is 6.54 Å². The molecule has 114 valence electrons. The van der Waals surface area contributed by atoms with Crippen LogP contribution in [0.15, 0.2) is 29.4 Å². The molecule has 0 saturated carbocycles. The van der Waals surface area contributed by atoms with Gasteiger partial charge in [0.15, 0.2) is 0 Å². The Hall–Kier alpha value is -2.57. The van der Waals surface area contributed by atoms with E-state index in [9.17, 15) is 9.59 Å². The number of esters is 1. The molecule has 0 fully saturated rings. The molecule has 1 aromatic carbocycles. The van der Waals surface area contributed by atoms with E-state index in [1.165, 1.54) is 0 Å². The van der Waals surface area contributed by atoms with Crippen LogP contribution in [0.3, 0.4) is 0 Å². The quantitative estimate of drug-likeness (QED) is 0.323. The highest BCUT2D eigenvalue weighted by Crippen LogP contribution is 2.10. The van der Waals surface area contributed by atoms with E-state index in [0.717, 1.165) is 12.0 Å². The Labute approximate surface area is 123 Å². The fourth-order valence-corrected chi connectivity index (χ4v) is 1.45. The number of rotatable bonds is 6. The number of carbonyl (C=O) groups excluding carboxylic acids is 2. The number of nitrogens with zero attached hydrogens (tertiary/aromatic N) is 1. The molecule has 3 N–H and O–H groups in total. The lowest BCUT2D eigenvalue weighted by Crippen LogP contribution is -2.34. The van der Waals surface area contributed by atoms with Crippen molar-refractivity contribution in [2.24, 2.45) is 5.16 Å². The molecule has 0 bridgehead atoms. The fraction of sp³-hybridized carbons (Fsp3) is 0.357. The van der Waals surface area contributed by atoms with E-state index in [4.69, 9.17) is 9.94 Å². The van der Waals surface area contributed by atoms with E-state index < -0.39 is 12.0 Å². The third-order valence-corrected chi connectivity index (χ3v) is 2.57. The summed E-state index contributed by atoms with van der Waals surface area (Å²) in [6.07, 6.45) is 0.737. The van der Waals surface area contributed by atoms with E-state index in [0.29, 0.717) is 18.0 Å². The van der Waals surface area contributed by atoms with Crippen LogP contribution in [0.4, 0.5) is 10.5 Å². The van der Waals surface area contributed by atoms with E-state index in [1.807, 2.05) is 6.92 Å². The normalized spacial score (nSPS) is 10.9. The number of hydrogen-bond acceptors (Lipinski definition) is 5. The Kier molecular flexibility index (Phi) is 6.73. The number of ether oxygens (including phenoxy) is 1. The second kappa shape index (κ2) is 8.57. The van der Waals surface area contributed by atoms with Crippen molar-refractivity contribution in [2.45, 2.75) is 20.3 Å². The number of benzene rings is 1. The SMILES string of the molecule is CCCOC(=O)CNC(=O)Nc1ccc(C(C)=NO)cc1. The molecule has 1 rings (SSSR count). The van der Waals surface area contributed by atoms with E-state index in [2.05, 4.69) is 15.8 Å². The first-order valence-electron chi connectivity index (χ1n) is 6.56. The van der Waals surface area contributed by atoms with Gasteiger partial charge in [0.2, 0.25) is 0 Å². The lowest BCUT2D eigenvalue weighted by Gasteiger charge is -2.08. The maximum Gasteiger partial charge on any atom is 0.325 e. The third-order valence-electron chi connectivity index (χ3n) is 2.57. The van der Waals surface area contributed by atoms with Crippen LogP contribution in [0.1, 0.15) is 25.8 Å². The van der Waals surface area contributed by atoms with Gasteiger partial charge in [-0.2, -0.15) is 0 Å². The van der Waals surface area contributed by atoms with Crippen LogP contribution in [0.25, 0.3) is 0 Å². The van der Waals surface area contributed by atoms with Gasteiger partial charge in [-0.05, 0) is 31.0 Å². The molecule has 21 heavy (non-hydrogen) atoms. The molecule has 0 aliphatic rings. The van der Waals surface area contributed by atoms with Crippen molar-refractivity contribution in [3.05, 3.63) is 29.8 Å². The Morgan fingerprint density at radius 1 is 1.29 bits per heavy atom. The number of urea groups is 1. The van der Waals surface area contributed by atoms with Crippen molar-refractivity contribution in [1.82, 2.24) is 5.32 Å². The van der Waals surface area contributed by atoms with E-state index in [1.54, 1.807) is 31.2 Å². The minimum atomic E-state index is -0.497. The maximum absolute atomic E-state index is 11.6. The number of nitrogens with one attached hydrogen (secondary N) is 2. The molecular weight excluding hydrogens is 274 g/mol. The number of hydrogen-bond donors (Lipinski definition) is 3. The monoisotopic (exact) mass is 293 g/mol. The minimum Gasteiger partial charge on any atom is -0.464 e. The van der Waals surface area contributed by atoms with Crippen LogP contribution in [-0.2, 0) is 9.53 Å². The number of amides is 2. The van der Waals surface area contributed by atoms with Gasteiger partial charge in [-0.25, -0.2) is 4.79 Å². The zero-order valence-electron chi connectivity index (χ0n) is 12.0. The molecule has 0 saturated heterocycles. The van der Waals surface area contributed by atoms with Crippen LogP contribution < -0.4 is 10.6 Å². The van der Waals surface area contributed by atoms with Gasteiger partial charge in [0, 0.05) is 5.69 Å². The zero-order chi connectivity index (χ0) is 15.7. The summed E-state index contributed by atoms with van der Waals surface area (Å²) in [6.45, 7) is 3.72. The molecule has 0 unspecified atom stereocenters. The highest BCUT2D eigenvalue weighted by atomic mass is 16.5. The molecule has 0 atom stereocenters. The van der Waals surface area contributed by atoms with Crippen molar-refractivity contribution >= 4 is 23.4 Å². The number of oxime groups is 1. The van der Waals surface area contributed by atoms with Crippen LogP contribution in [0.5, 0.6) is 0 Å². The van der Waals surface area contributed by atoms with Crippen LogP contribution in [-0.4, -0.2) is 36.1 Å². The largest absolute Gasteiger partial charge is 0.464 e. The maximum atomic E-state index is 11.6. The zero-order valence-corrected chi connectivity index (χ0v) is 12.0. The topological polar surface area (TPSA) is 100 Å². The first kappa shape index (κ1) is 16.5. The second-order valence-electron chi connectivity index (χ2n) is 4.29. The molecule has 1 aromatic rings. The molecule has 0 spiro atoms. The van der Waals surface area contributed by atoms with Gasteiger partial charge >= 0.3 is 12.0 Å². The molecule has 0 aliphatic heterocycles. The van der Waals surface area contributed by atoms with Crippen molar-refractivity contribution in [3.8, 4) is 0 Å². The summed E-state index contributed by atoms with van der Waals surface area (Å²) in [5, 5.41) is 16.7. The average Bonchev–Trinajstić information content (AvgIpc) is 2.50. The van der Waals surface area contributed by atoms with Crippen molar-refractivity contribution < 1.29 is 19.5 Å². The lowest BCUT2D eigenvalue weighted by atomic mass is 10.1. The first-order valence-corrected chi connectivity index (χ1v) is 6.56. The summed E-state index contributed by atoms with van der Waals surface area (Å²) in [5.74, 6) is -0.475. The summed E-state index contributed by atoms with van der Waals surface area (Å²) in [5.41, 5.74) is 1.78. The van der Waals surface area contributed by atoms with Crippen molar-refractivity contribution in [2.75, 3.05) is 18.5 Å². The summed E-state index contributed by atoms with van der Waals surface area (Å²) in [4.78, 5) is 22.8. The van der Waals surface area contributed by atoms with Gasteiger partial charge in [-0.15, -0.1) is 0 Å². The molecular formula is C14H19N3O4. The van der Waals surface area contributed by atoms with E-state index >= 15 is 0 Å². The Morgan fingerprint density at radius 3 is 2.52 bits per heavy atom. The third kappa shape index (κ3) is 5.94. The summed E-state index contributed by atoms with van der Waals surface area (Å²) >= 11 is 0. The molecule has 0 radical (unpaired) electrons. The van der Waals surface area contributed by atoms with Crippen molar-refractivity contribution in [3.63, 3.8) is 0 Å². The molecule has 0 aromatic heterocycles. The van der Waals surface area contributed by atoms with Gasteiger partial charge in [-0.1, -0.05) is 24.2 Å². The first-order chi connectivity index (χ1) is 10.1. The van der Waals surface area contributed by atoms with Crippen LogP contribution in [0, 0.1) is 0 Å². The summed E-state index contributed by atoms with van der Waals surface area (Å²) < 4.78 is 4.83. The lowest BCUT2D eigenvalue weighted by molar-refractivity contribution is -0.142. The Bertz CT molecular complexity index is 511. The average molecular weight is 293 g/mol. The Morgan fingerprint density at radius 2 is 1.95 bits per heavy atom. The molecule has 0 aliphatic carbocycles. The Balaban J connectivity index is 2.43. The van der Waals surface area contributed by atoms with Crippen molar-refractivity contribution in [1.29, 1.82) is 0 Å². The van der Waals surface area contributed by atoms with Gasteiger partial charge in [0.05, 0.1) is 12.3 Å². The summed E-state index contributed by atoms with van der Waals surface area (Å²) in [6, 6.07) is 6.25. The predicted octanol–water partition coefficient (Wildman–Crippen LogP) is 1.96. The van der Waals surface area contributed by atoms with Gasteiger partial charge < -0.3 is 20.6 Å². The second-order valence-corrected chi connectivity index (χ2v) is 4.29. The van der Waals surface area contributed by atoms with Crippen LogP contribution >= 0.6 is 0 Å². The minimum absolute atomic E-state index is 0.180. The van der Waals surface area contributed by atoms with Gasteiger partial charge in [0.25, 0.3) is 0 Å². The highest BCUT2D eigenvalue weighted by molar-refractivity contribution is 5.99. The smallest absolute Gasteiger partial charge is 0.325 e. The molecule has 7 nitrogen and oxygen atoms in total. The number of anilines is 1. The molecule has 7 heteroatoms. The van der Waals surface area contributed by atoms with Crippen LogP contribution in [0.2, 0.25) is 0 Å². The highest BCUT2D eigenvalue weighted by Gasteiger charge is 2.06. The van der Waals surface area contributed by atoms with Gasteiger partial charge in [0.1, 0.15) is 6.54 Å².